The van der Waals surface area contributed by atoms with Crippen LogP contribution in [0.4, 0.5) is 10.2 Å². The van der Waals surface area contributed by atoms with Crippen LogP contribution in [-0.4, -0.2) is 46.0 Å². The highest BCUT2D eigenvalue weighted by atomic mass is 19.1. The van der Waals surface area contributed by atoms with Crippen molar-refractivity contribution in [2.45, 2.75) is 39.3 Å². The molecule has 5 rings (SSSR count). The maximum absolute atomic E-state index is 15.2. The standard InChI is InChI=1S/C26H28FN5O4/c1-14-3-4-16(7-15(14)2)13-36-30-22-12-31(10-17(22)9-28)25-21(27)8-19-23(33)20(26(34)35)11-32(18-5-6-18)24(19)29-25/h3-4,7-8,11,17-18H,5-6,9-10,12-13,28H2,1-2H3,(H,34,35)/b30-22+. The van der Waals surface area contributed by atoms with Gasteiger partial charge in [0.2, 0.25) is 5.43 Å². The monoisotopic (exact) mass is 493 g/mol. The number of oxime groups is 1. The van der Waals surface area contributed by atoms with Crippen LogP contribution in [0.1, 0.15) is 45.9 Å². The summed E-state index contributed by atoms with van der Waals surface area (Å²) in [6, 6.07) is 7.22. The molecule has 188 valence electrons. The molecule has 36 heavy (non-hydrogen) atoms. The predicted octanol–water partition coefficient (Wildman–Crippen LogP) is 3.15. The molecular formula is C26H28FN5O4. The van der Waals surface area contributed by atoms with Gasteiger partial charge in [0.15, 0.2) is 11.6 Å². The quantitative estimate of drug-likeness (QED) is 0.485. The largest absolute Gasteiger partial charge is 0.477 e. The number of carboxylic acids is 1. The third kappa shape index (κ3) is 4.44. The summed E-state index contributed by atoms with van der Waals surface area (Å²) < 4.78 is 16.9. The van der Waals surface area contributed by atoms with Crippen molar-refractivity contribution in [3.05, 3.63) is 68.8 Å². The van der Waals surface area contributed by atoms with Crippen molar-refractivity contribution in [2.24, 2.45) is 16.8 Å². The number of nitrogens with zero attached hydrogens (tertiary/aromatic N) is 4. The molecule has 1 atom stereocenters. The molecule has 3 N–H and O–H groups in total. The van der Waals surface area contributed by atoms with Crippen LogP contribution in [-0.2, 0) is 11.4 Å². The normalized spacial score (nSPS) is 18.8. The zero-order valence-electron chi connectivity index (χ0n) is 20.2. The van der Waals surface area contributed by atoms with Gasteiger partial charge in [-0.15, -0.1) is 0 Å². The lowest BCUT2D eigenvalue weighted by Crippen LogP contribution is -2.26. The van der Waals surface area contributed by atoms with Crippen molar-refractivity contribution in [1.29, 1.82) is 0 Å². The summed E-state index contributed by atoms with van der Waals surface area (Å²) in [7, 11) is 0. The molecule has 2 aromatic heterocycles. The number of carbonyl (C=O) groups is 1. The van der Waals surface area contributed by atoms with Gasteiger partial charge in [0.05, 0.1) is 17.6 Å². The van der Waals surface area contributed by atoms with Crippen LogP contribution < -0.4 is 16.1 Å². The van der Waals surface area contributed by atoms with E-state index < -0.39 is 17.2 Å². The Labute approximate surface area is 207 Å². The molecule has 0 radical (unpaired) electrons. The number of benzene rings is 1. The van der Waals surface area contributed by atoms with E-state index in [4.69, 9.17) is 10.6 Å². The first-order chi connectivity index (χ1) is 17.3. The van der Waals surface area contributed by atoms with E-state index >= 15 is 4.39 Å². The van der Waals surface area contributed by atoms with E-state index in [2.05, 4.69) is 16.2 Å². The van der Waals surface area contributed by atoms with Gasteiger partial charge in [-0.3, -0.25) is 4.79 Å². The molecular weight excluding hydrogens is 465 g/mol. The van der Waals surface area contributed by atoms with Crippen molar-refractivity contribution in [3.8, 4) is 0 Å². The molecule has 0 bridgehead atoms. The second-order valence-corrected chi connectivity index (χ2v) is 9.57. The number of hydrogen-bond acceptors (Lipinski definition) is 7. The first kappa shape index (κ1) is 23.9. The Hall–Kier alpha value is -3.79. The zero-order chi connectivity index (χ0) is 25.6. The topological polar surface area (TPSA) is 123 Å². The molecule has 3 aromatic rings. The number of fused-ring (bicyclic) bond motifs is 1. The summed E-state index contributed by atoms with van der Waals surface area (Å²) in [6.07, 6.45) is 3.01. The maximum Gasteiger partial charge on any atom is 0.341 e. The van der Waals surface area contributed by atoms with Gasteiger partial charge in [0, 0.05) is 31.2 Å². The summed E-state index contributed by atoms with van der Waals surface area (Å²) in [5, 5.41) is 13.7. The number of aromatic carboxylic acids is 1. The first-order valence-electron chi connectivity index (χ1n) is 12.0. The van der Waals surface area contributed by atoms with Gasteiger partial charge in [-0.05, 0) is 49.4 Å². The van der Waals surface area contributed by atoms with Gasteiger partial charge in [-0.2, -0.15) is 0 Å². The number of aryl methyl sites for hydroxylation is 2. The number of halogens is 1. The predicted molar refractivity (Wildman–Crippen MR) is 134 cm³/mol. The summed E-state index contributed by atoms with van der Waals surface area (Å²) in [4.78, 5) is 36.1. The minimum absolute atomic E-state index is 0.0387. The van der Waals surface area contributed by atoms with E-state index in [1.807, 2.05) is 26.0 Å². The lowest BCUT2D eigenvalue weighted by atomic mass is 10.1. The fourth-order valence-corrected chi connectivity index (χ4v) is 4.56. The average Bonchev–Trinajstić information content (AvgIpc) is 3.61. The van der Waals surface area contributed by atoms with Crippen LogP contribution in [0.3, 0.4) is 0 Å². The summed E-state index contributed by atoms with van der Waals surface area (Å²) in [5.41, 5.74) is 9.21. The Morgan fingerprint density at radius 1 is 1.28 bits per heavy atom. The Bertz CT molecular complexity index is 1450. The number of pyridine rings is 2. The average molecular weight is 494 g/mol. The molecule has 3 heterocycles. The van der Waals surface area contributed by atoms with E-state index in [9.17, 15) is 14.7 Å². The Balaban J connectivity index is 1.43. The van der Waals surface area contributed by atoms with Crippen LogP contribution in [0.5, 0.6) is 0 Å². The summed E-state index contributed by atoms with van der Waals surface area (Å²) in [6.45, 7) is 5.40. The summed E-state index contributed by atoms with van der Waals surface area (Å²) >= 11 is 0. The molecule has 1 aliphatic carbocycles. The van der Waals surface area contributed by atoms with E-state index in [0.29, 0.717) is 25.4 Å². The molecule has 1 saturated carbocycles. The van der Waals surface area contributed by atoms with Crippen LogP contribution in [0.2, 0.25) is 0 Å². The van der Waals surface area contributed by atoms with Gasteiger partial charge in [-0.1, -0.05) is 23.4 Å². The zero-order valence-corrected chi connectivity index (χ0v) is 20.2. The molecule has 2 aliphatic rings. The highest BCUT2D eigenvalue weighted by Crippen LogP contribution is 2.37. The van der Waals surface area contributed by atoms with Gasteiger partial charge < -0.3 is 25.1 Å². The van der Waals surface area contributed by atoms with Crippen molar-refractivity contribution in [1.82, 2.24) is 9.55 Å². The number of anilines is 1. The van der Waals surface area contributed by atoms with E-state index in [1.54, 1.807) is 9.47 Å². The fourth-order valence-electron chi connectivity index (χ4n) is 4.56. The second-order valence-electron chi connectivity index (χ2n) is 9.57. The van der Waals surface area contributed by atoms with Crippen LogP contribution >= 0.6 is 0 Å². The molecule has 9 nitrogen and oxygen atoms in total. The number of rotatable bonds is 7. The SMILES string of the molecule is Cc1ccc(CO/N=C2\CN(c3nc4c(cc3F)c(=O)c(C(=O)O)cn4C3CC3)CC2CN)cc1C. The number of carboxylic acid groups (broad SMARTS) is 1. The van der Waals surface area contributed by atoms with Crippen LogP contribution in [0.15, 0.2) is 40.4 Å². The van der Waals surface area contributed by atoms with Gasteiger partial charge >= 0.3 is 5.97 Å². The maximum atomic E-state index is 15.2. The van der Waals surface area contributed by atoms with Crippen molar-refractivity contribution in [3.63, 3.8) is 0 Å². The van der Waals surface area contributed by atoms with Crippen LogP contribution in [0, 0.1) is 25.6 Å². The number of hydrogen-bond donors (Lipinski definition) is 2. The number of nitrogens with two attached hydrogens (primary N) is 1. The minimum Gasteiger partial charge on any atom is -0.477 e. The van der Waals surface area contributed by atoms with E-state index in [0.717, 1.165) is 24.5 Å². The van der Waals surface area contributed by atoms with E-state index in [1.165, 1.54) is 17.3 Å². The van der Waals surface area contributed by atoms with Crippen LogP contribution in [0.25, 0.3) is 11.0 Å². The molecule has 1 saturated heterocycles. The van der Waals surface area contributed by atoms with Gasteiger partial charge in [0.25, 0.3) is 0 Å². The van der Waals surface area contributed by atoms with Gasteiger partial charge in [0.1, 0.15) is 17.8 Å². The third-order valence-electron chi connectivity index (χ3n) is 6.94. The lowest BCUT2D eigenvalue weighted by Gasteiger charge is -2.19. The Morgan fingerprint density at radius 2 is 2.06 bits per heavy atom. The van der Waals surface area contributed by atoms with Gasteiger partial charge in [-0.25, -0.2) is 14.2 Å². The molecule has 1 aromatic carbocycles. The smallest absolute Gasteiger partial charge is 0.341 e. The molecule has 2 fully saturated rings. The highest BCUT2D eigenvalue weighted by Gasteiger charge is 2.33. The van der Waals surface area contributed by atoms with Crippen molar-refractivity contribution >= 4 is 28.5 Å². The first-order valence-corrected chi connectivity index (χ1v) is 12.0. The lowest BCUT2D eigenvalue weighted by molar-refractivity contribution is 0.0695. The fraction of sp³-hybridized carbons (Fsp3) is 0.385. The molecule has 10 heteroatoms. The van der Waals surface area contributed by atoms with E-state index in [-0.39, 0.29) is 40.9 Å². The van der Waals surface area contributed by atoms with Crippen molar-refractivity contribution < 1.29 is 19.1 Å². The summed E-state index contributed by atoms with van der Waals surface area (Å²) in [5.74, 6) is -2.09. The molecule has 0 amide bonds. The molecule has 1 unspecified atom stereocenters. The second kappa shape index (κ2) is 9.34. The Morgan fingerprint density at radius 3 is 2.72 bits per heavy atom. The molecule has 0 spiro atoms. The minimum atomic E-state index is -1.34. The number of aromatic nitrogens is 2. The highest BCUT2D eigenvalue weighted by molar-refractivity contribution is 5.95. The third-order valence-corrected chi connectivity index (χ3v) is 6.94. The molecule has 1 aliphatic heterocycles. The Kier molecular flexibility index (Phi) is 6.21. The van der Waals surface area contributed by atoms with Crippen molar-refractivity contribution in [2.75, 3.05) is 24.5 Å².